The summed E-state index contributed by atoms with van der Waals surface area (Å²) in [5, 5.41) is 12.6. The highest BCUT2D eigenvalue weighted by Gasteiger charge is 2.17. The molecule has 106 valence electrons. The molecule has 0 aliphatic heterocycles. The van der Waals surface area contributed by atoms with E-state index >= 15 is 0 Å². The van der Waals surface area contributed by atoms with Crippen LogP contribution in [0.3, 0.4) is 0 Å². The fourth-order valence-corrected chi connectivity index (χ4v) is 2.32. The van der Waals surface area contributed by atoms with E-state index in [1.807, 2.05) is 26.0 Å². The van der Waals surface area contributed by atoms with Crippen LogP contribution >= 0.6 is 0 Å². The molecule has 19 heavy (non-hydrogen) atoms. The van der Waals surface area contributed by atoms with Gasteiger partial charge in [-0.25, -0.2) is 0 Å². The minimum absolute atomic E-state index is 0.130. The van der Waals surface area contributed by atoms with Crippen molar-refractivity contribution < 1.29 is 9.84 Å². The van der Waals surface area contributed by atoms with Crippen LogP contribution in [0.5, 0.6) is 5.75 Å². The van der Waals surface area contributed by atoms with Gasteiger partial charge in [0.05, 0.1) is 12.7 Å². The second-order valence-electron chi connectivity index (χ2n) is 6.07. The predicted molar refractivity (Wildman–Crippen MR) is 77.3 cm³/mol. The quantitative estimate of drug-likeness (QED) is 0.829. The smallest absolute Gasteiger partial charge is 0.120 e. The largest absolute Gasteiger partial charge is 0.490 e. The normalized spacial score (nSPS) is 16.8. The Balaban J connectivity index is 1.91. The van der Waals surface area contributed by atoms with Gasteiger partial charge in [-0.3, -0.25) is 0 Å². The first-order valence-corrected chi connectivity index (χ1v) is 7.20. The van der Waals surface area contributed by atoms with Crippen LogP contribution in [0.2, 0.25) is 0 Å². The lowest BCUT2D eigenvalue weighted by atomic mass is 10.1. The summed E-state index contributed by atoms with van der Waals surface area (Å²) in [7, 11) is 0. The molecular weight excluding hydrogens is 238 g/mol. The van der Waals surface area contributed by atoms with Crippen molar-refractivity contribution in [3.05, 3.63) is 29.8 Å². The lowest BCUT2D eigenvalue weighted by Crippen LogP contribution is -2.42. The fraction of sp³-hybridized carbons (Fsp3) is 0.625. The molecule has 0 bridgehead atoms. The molecule has 1 fully saturated rings. The van der Waals surface area contributed by atoms with Crippen LogP contribution in [0, 0.1) is 0 Å². The highest BCUT2D eigenvalue weighted by molar-refractivity contribution is 5.28. The third kappa shape index (κ3) is 4.51. The summed E-state index contributed by atoms with van der Waals surface area (Å²) in [6.07, 6.45) is 5.34. The highest BCUT2D eigenvalue weighted by Crippen LogP contribution is 2.24. The summed E-state index contributed by atoms with van der Waals surface area (Å²) in [6.45, 7) is 4.86. The molecule has 1 aromatic carbocycles. The van der Waals surface area contributed by atoms with Crippen molar-refractivity contribution in [1.29, 1.82) is 0 Å². The van der Waals surface area contributed by atoms with E-state index in [9.17, 15) is 5.11 Å². The van der Waals surface area contributed by atoms with Gasteiger partial charge in [0.2, 0.25) is 0 Å². The van der Waals surface area contributed by atoms with Crippen LogP contribution in [-0.4, -0.2) is 23.4 Å². The maximum atomic E-state index is 9.23. The van der Waals surface area contributed by atoms with Crippen LogP contribution in [0.4, 0.5) is 0 Å². The third-order valence-electron chi connectivity index (χ3n) is 3.67. The van der Waals surface area contributed by atoms with E-state index in [2.05, 4.69) is 17.4 Å². The average Bonchev–Trinajstić information content (AvgIpc) is 2.90. The molecule has 1 aliphatic carbocycles. The number of benzene rings is 1. The third-order valence-corrected chi connectivity index (χ3v) is 3.67. The lowest BCUT2D eigenvalue weighted by Gasteiger charge is -2.23. The van der Waals surface area contributed by atoms with E-state index in [-0.39, 0.29) is 12.1 Å². The van der Waals surface area contributed by atoms with E-state index in [1.54, 1.807) is 0 Å². The number of ether oxygens (including phenoxy) is 1. The van der Waals surface area contributed by atoms with E-state index in [1.165, 1.54) is 31.2 Å². The average molecular weight is 263 g/mol. The first-order chi connectivity index (χ1) is 9.09. The Kier molecular flexibility index (Phi) is 4.83. The SMILES string of the molecule is CC(C)(CO)NCc1cccc(OC2CCCC2)c1. The van der Waals surface area contributed by atoms with Crippen molar-refractivity contribution in [2.75, 3.05) is 6.61 Å². The van der Waals surface area contributed by atoms with Crippen LogP contribution in [0.15, 0.2) is 24.3 Å². The molecule has 0 atom stereocenters. The summed E-state index contributed by atoms with van der Waals surface area (Å²) < 4.78 is 6.00. The van der Waals surface area contributed by atoms with Crippen LogP contribution in [0.1, 0.15) is 45.1 Å². The van der Waals surface area contributed by atoms with Gasteiger partial charge in [-0.2, -0.15) is 0 Å². The van der Waals surface area contributed by atoms with Crippen LogP contribution in [0.25, 0.3) is 0 Å². The minimum Gasteiger partial charge on any atom is -0.490 e. The Labute approximate surface area is 116 Å². The van der Waals surface area contributed by atoms with Gasteiger partial charge in [0.1, 0.15) is 5.75 Å². The van der Waals surface area contributed by atoms with Gasteiger partial charge in [0, 0.05) is 12.1 Å². The van der Waals surface area contributed by atoms with Gasteiger partial charge >= 0.3 is 0 Å². The Morgan fingerprint density at radius 3 is 2.74 bits per heavy atom. The van der Waals surface area contributed by atoms with Crippen molar-refractivity contribution in [1.82, 2.24) is 5.32 Å². The number of rotatable bonds is 6. The summed E-state index contributed by atoms with van der Waals surface area (Å²) in [5.74, 6) is 0.966. The molecule has 3 nitrogen and oxygen atoms in total. The standard InChI is InChI=1S/C16H25NO2/c1-16(2,12-18)17-11-13-6-5-9-15(10-13)19-14-7-3-4-8-14/h5-6,9-10,14,17-18H,3-4,7-8,11-12H2,1-2H3. The van der Waals surface area contributed by atoms with Gasteiger partial charge in [-0.05, 0) is 57.2 Å². The molecule has 0 radical (unpaired) electrons. The van der Waals surface area contributed by atoms with Crippen LogP contribution < -0.4 is 10.1 Å². The molecule has 0 spiro atoms. The topological polar surface area (TPSA) is 41.5 Å². The minimum atomic E-state index is -0.248. The van der Waals surface area contributed by atoms with Gasteiger partial charge in [-0.15, -0.1) is 0 Å². The molecule has 1 aromatic rings. The number of hydrogen-bond acceptors (Lipinski definition) is 3. The summed E-state index contributed by atoms with van der Waals surface area (Å²) >= 11 is 0. The predicted octanol–water partition coefficient (Wildman–Crippen LogP) is 2.87. The van der Waals surface area contributed by atoms with Gasteiger partial charge in [0.25, 0.3) is 0 Å². The molecule has 2 rings (SSSR count). The maximum absolute atomic E-state index is 9.23. The van der Waals surface area contributed by atoms with Crippen molar-refractivity contribution in [3.8, 4) is 5.75 Å². The van der Waals surface area contributed by atoms with Gasteiger partial charge in [0.15, 0.2) is 0 Å². The molecule has 2 N–H and O–H groups in total. The zero-order valence-electron chi connectivity index (χ0n) is 12.0. The Morgan fingerprint density at radius 2 is 2.05 bits per heavy atom. The molecule has 0 saturated heterocycles. The molecule has 1 saturated carbocycles. The number of nitrogens with one attached hydrogen (secondary N) is 1. The zero-order chi connectivity index (χ0) is 13.7. The molecular formula is C16H25NO2. The summed E-state index contributed by atoms with van der Waals surface area (Å²) in [6, 6.07) is 8.24. The first kappa shape index (κ1) is 14.4. The van der Waals surface area contributed by atoms with Crippen molar-refractivity contribution in [2.24, 2.45) is 0 Å². The van der Waals surface area contributed by atoms with E-state index in [4.69, 9.17) is 4.74 Å². The Hall–Kier alpha value is -1.06. The molecule has 3 heteroatoms. The maximum Gasteiger partial charge on any atom is 0.120 e. The molecule has 0 aromatic heterocycles. The number of aliphatic hydroxyl groups excluding tert-OH is 1. The fourth-order valence-electron chi connectivity index (χ4n) is 2.32. The second kappa shape index (κ2) is 6.40. The monoisotopic (exact) mass is 263 g/mol. The zero-order valence-corrected chi connectivity index (χ0v) is 12.0. The highest BCUT2D eigenvalue weighted by atomic mass is 16.5. The van der Waals surface area contributed by atoms with E-state index < -0.39 is 0 Å². The summed E-state index contributed by atoms with van der Waals surface area (Å²) in [5.41, 5.74) is 0.944. The van der Waals surface area contributed by atoms with Crippen molar-refractivity contribution >= 4 is 0 Å². The Bertz CT molecular complexity index is 397. The Morgan fingerprint density at radius 1 is 1.32 bits per heavy atom. The molecule has 0 heterocycles. The van der Waals surface area contributed by atoms with Gasteiger partial charge < -0.3 is 15.2 Å². The number of hydrogen-bond donors (Lipinski definition) is 2. The number of aliphatic hydroxyl groups is 1. The van der Waals surface area contributed by atoms with E-state index in [0.717, 1.165) is 12.3 Å². The first-order valence-electron chi connectivity index (χ1n) is 7.20. The van der Waals surface area contributed by atoms with E-state index in [0.29, 0.717) is 6.10 Å². The molecule has 0 amide bonds. The van der Waals surface area contributed by atoms with Crippen molar-refractivity contribution in [3.63, 3.8) is 0 Å². The van der Waals surface area contributed by atoms with Crippen LogP contribution in [-0.2, 0) is 6.54 Å². The van der Waals surface area contributed by atoms with Gasteiger partial charge in [-0.1, -0.05) is 12.1 Å². The molecule has 1 aliphatic rings. The second-order valence-corrected chi connectivity index (χ2v) is 6.07. The molecule has 0 unspecified atom stereocenters. The lowest BCUT2D eigenvalue weighted by molar-refractivity contribution is 0.187. The van der Waals surface area contributed by atoms with Crippen molar-refractivity contribution in [2.45, 2.75) is 57.7 Å². The summed E-state index contributed by atoms with van der Waals surface area (Å²) in [4.78, 5) is 0.